The van der Waals surface area contributed by atoms with Gasteiger partial charge in [-0.25, -0.2) is 0 Å². The molecular formula is C10H23N3O. The van der Waals surface area contributed by atoms with Crippen LogP contribution in [-0.4, -0.2) is 36.1 Å². The van der Waals surface area contributed by atoms with Gasteiger partial charge in [-0.15, -0.1) is 0 Å². The molecule has 0 saturated carbocycles. The zero-order chi connectivity index (χ0) is 11.0. The van der Waals surface area contributed by atoms with Crippen LogP contribution in [0.2, 0.25) is 0 Å². The molecule has 4 nitrogen and oxygen atoms in total. The van der Waals surface area contributed by atoms with E-state index in [2.05, 4.69) is 31.0 Å². The first-order valence-corrected chi connectivity index (χ1v) is 5.25. The number of hydrogen-bond acceptors (Lipinski definition) is 3. The van der Waals surface area contributed by atoms with E-state index in [1.54, 1.807) is 0 Å². The Hall–Kier alpha value is -0.770. The van der Waals surface area contributed by atoms with Gasteiger partial charge in [-0.2, -0.15) is 0 Å². The number of oxime groups is 1. The Morgan fingerprint density at radius 3 is 2.71 bits per heavy atom. The molecule has 0 radical (unpaired) electrons. The first-order valence-electron chi connectivity index (χ1n) is 5.25. The fourth-order valence-corrected chi connectivity index (χ4v) is 1.33. The van der Waals surface area contributed by atoms with Crippen LogP contribution in [0.25, 0.3) is 0 Å². The van der Waals surface area contributed by atoms with Gasteiger partial charge in [0.2, 0.25) is 0 Å². The molecule has 0 aromatic rings. The molecule has 1 atom stereocenters. The molecule has 0 fully saturated rings. The van der Waals surface area contributed by atoms with Crippen LogP contribution in [0.3, 0.4) is 0 Å². The minimum atomic E-state index is 0.321. The highest BCUT2D eigenvalue weighted by molar-refractivity contribution is 5.79. The summed E-state index contributed by atoms with van der Waals surface area (Å²) in [6, 6.07) is 0. The number of hydrogen-bond donors (Lipinski definition) is 2. The van der Waals surface area contributed by atoms with E-state index in [4.69, 9.17) is 10.9 Å². The Morgan fingerprint density at radius 2 is 2.21 bits per heavy atom. The monoisotopic (exact) mass is 201 g/mol. The van der Waals surface area contributed by atoms with Gasteiger partial charge in [0.05, 0.1) is 0 Å². The summed E-state index contributed by atoms with van der Waals surface area (Å²) in [4.78, 5) is 2.29. The Bertz CT molecular complexity index is 171. The van der Waals surface area contributed by atoms with E-state index >= 15 is 0 Å². The Morgan fingerprint density at radius 1 is 1.57 bits per heavy atom. The smallest absolute Gasteiger partial charge is 0.139 e. The van der Waals surface area contributed by atoms with E-state index < -0.39 is 0 Å². The highest BCUT2D eigenvalue weighted by Gasteiger charge is 2.04. The number of nitrogens with two attached hydrogens (primary N) is 1. The molecule has 0 aliphatic rings. The van der Waals surface area contributed by atoms with Crippen molar-refractivity contribution >= 4 is 5.84 Å². The van der Waals surface area contributed by atoms with Crippen molar-refractivity contribution in [2.45, 2.75) is 33.1 Å². The lowest BCUT2D eigenvalue weighted by Crippen LogP contribution is -2.26. The fraction of sp³-hybridized carbons (Fsp3) is 0.900. The first-order chi connectivity index (χ1) is 6.60. The lowest BCUT2D eigenvalue weighted by Gasteiger charge is -2.19. The number of nitrogens with zero attached hydrogens (tertiary/aromatic N) is 2. The molecule has 0 aliphatic carbocycles. The summed E-state index contributed by atoms with van der Waals surface area (Å²) < 4.78 is 0. The Labute approximate surface area is 86.8 Å². The third-order valence-electron chi connectivity index (χ3n) is 2.42. The van der Waals surface area contributed by atoms with E-state index in [1.165, 1.54) is 6.42 Å². The second kappa shape index (κ2) is 7.62. The largest absolute Gasteiger partial charge is 0.409 e. The first kappa shape index (κ1) is 13.2. The minimum Gasteiger partial charge on any atom is -0.409 e. The SMILES string of the molecule is CCC(C)CN(C)CCC/C(N)=N/O. The highest BCUT2D eigenvalue weighted by Crippen LogP contribution is 2.03. The number of rotatable bonds is 7. The van der Waals surface area contributed by atoms with E-state index in [0.717, 1.165) is 25.4 Å². The maximum absolute atomic E-state index is 8.33. The van der Waals surface area contributed by atoms with E-state index in [1.807, 2.05) is 0 Å². The van der Waals surface area contributed by atoms with Crippen molar-refractivity contribution in [1.29, 1.82) is 0 Å². The van der Waals surface area contributed by atoms with Crippen molar-refractivity contribution < 1.29 is 5.21 Å². The minimum absolute atomic E-state index is 0.321. The molecule has 0 amide bonds. The molecule has 0 saturated heterocycles. The standard InChI is InChI=1S/C10H23N3O/c1-4-9(2)8-13(3)7-5-6-10(11)12-14/h9,14H,4-8H2,1-3H3,(H2,11,12). The highest BCUT2D eigenvalue weighted by atomic mass is 16.4. The van der Waals surface area contributed by atoms with Gasteiger partial charge in [0.1, 0.15) is 5.84 Å². The average Bonchev–Trinajstić information content (AvgIpc) is 2.17. The average molecular weight is 201 g/mol. The zero-order valence-electron chi connectivity index (χ0n) is 9.53. The van der Waals surface area contributed by atoms with E-state index in [-0.39, 0.29) is 0 Å². The van der Waals surface area contributed by atoms with Gasteiger partial charge in [0.15, 0.2) is 0 Å². The van der Waals surface area contributed by atoms with Gasteiger partial charge in [-0.05, 0) is 25.9 Å². The molecule has 3 N–H and O–H groups in total. The lowest BCUT2D eigenvalue weighted by molar-refractivity contribution is 0.279. The predicted octanol–water partition coefficient (Wildman–Crippen LogP) is 1.49. The molecule has 1 unspecified atom stereocenters. The molecule has 4 heteroatoms. The summed E-state index contributed by atoms with van der Waals surface area (Å²) in [6.45, 7) is 6.57. The van der Waals surface area contributed by atoms with Crippen LogP contribution in [0.15, 0.2) is 5.16 Å². The Balaban J connectivity index is 3.49. The van der Waals surface area contributed by atoms with Gasteiger partial charge in [0, 0.05) is 13.0 Å². The molecule has 0 aliphatic heterocycles. The fourth-order valence-electron chi connectivity index (χ4n) is 1.33. The van der Waals surface area contributed by atoms with Crippen molar-refractivity contribution in [1.82, 2.24) is 4.90 Å². The molecule has 84 valence electrons. The molecule has 0 heterocycles. The summed E-state index contributed by atoms with van der Waals surface area (Å²) in [7, 11) is 2.11. The van der Waals surface area contributed by atoms with Crippen LogP contribution in [0.4, 0.5) is 0 Å². The van der Waals surface area contributed by atoms with Crippen LogP contribution in [0.1, 0.15) is 33.1 Å². The van der Waals surface area contributed by atoms with Gasteiger partial charge in [-0.3, -0.25) is 0 Å². The van der Waals surface area contributed by atoms with Crippen molar-refractivity contribution in [2.75, 3.05) is 20.1 Å². The van der Waals surface area contributed by atoms with Crippen molar-refractivity contribution in [3.05, 3.63) is 0 Å². The zero-order valence-corrected chi connectivity index (χ0v) is 9.53. The molecule has 0 spiro atoms. The molecule has 0 rings (SSSR count). The van der Waals surface area contributed by atoms with Gasteiger partial charge < -0.3 is 15.8 Å². The third kappa shape index (κ3) is 6.71. The maximum Gasteiger partial charge on any atom is 0.139 e. The second-order valence-electron chi connectivity index (χ2n) is 3.97. The third-order valence-corrected chi connectivity index (χ3v) is 2.42. The number of amidine groups is 1. The van der Waals surface area contributed by atoms with Gasteiger partial charge in [0.25, 0.3) is 0 Å². The molecule has 14 heavy (non-hydrogen) atoms. The van der Waals surface area contributed by atoms with E-state index in [9.17, 15) is 0 Å². The van der Waals surface area contributed by atoms with Crippen LogP contribution in [0.5, 0.6) is 0 Å². The van der Waals surface area contributed by atoms with E-state index in [0.29, 0.717) is 12.3 Å². The van der Waals surface area contributed by atoms with Crippen LogP contribution in [-0.2, 0) is 0 Å². The van der Waals surface area contributed by atoms with Crippen LogP contribution >= 0.6 is 0 Å². The lowest BCUT2D eigenvalue weighted by atomic mass is 10.1. The van der Waals surface area contributed by atoms with Gasteiger partial charge >= 0.3 is 0 Å². The van der Waals surface area contributed by atoms with Crippen LogP contribution < -0.4 is 5.73 Å². The summed E-state index contributed by atoms with van der Waals surface area (Å²) in [5.41, 5.74) is 5.37. The molecule has 0 aromatic carbocycles. The Kier molecular flexibility index (Phi) is 7.20. The summed E-state index contributed by atoms with van der Waals surface area (Å²) in [6.07, 6.45) is 2.83. The normalized spacial score (nSPS) is 14.7. The summed E-state index contributed by atoms with van der Waals surface area (Å²) in [5, 5.41) is 11.3. The quantitative estimate of drug-likeness (QED) is 0.284. The molecule has 0 aromatic heterocycles. The summed E-state index contributed by atoms with van der Waals surface area (Å²) >= 11 is 0. The maximum atomic E-state index is 8.33. The van der Waals surface area contributed by atoms with Crippen LogP contribution in [0, 0.1) is 5.92 Å². The molecule has 0 bridgehead atoms. The molecular weight excluding hydrogens is 178 g/mol. The van der Waals surface area contributed by atoms with Crippen molar-refractivity contribution in [2.24, 2.45) is 16.8 Å². The predicted molar refractivity (Wildman–Crippen MR) is 59.6 cm³/mol. The van der Waals surface area contributed by atoms with Gasteiger partial charge in [-0.1, -0.05) is 25.4 Å². The van der Waals surface area contributed by atoms with Crippen molar-refractivity contribution in [3.8, 4) is 0 Å². The van der Waals surface area contributed by atoms with Crippen molar-refractivity contribution in [3.63, 3.8) is 0 Å². The second-order valence-corrected chi connectivity index (χ2v) is 3.97. The summed E-state index contributed by atoms with van der Waals surface area (Å²) in [5.74, 6) is 1.06. The topological polar surface area (TPSA) is 61.8 Å².